The number of carbonyl (C=O) groups is 1. The van der Waals surface area contributed by atoms with Crippen molar-refractivity contribution in [3.05, 3.63) is 35.4 Å². The summed E-state index contributed by atoms with van der Waals surface area (Å²) in [5.74, 6) is -0.608. The Morgan fingerprint density at radius 3 is 2.42 bits per heavy atom. The van der Waals surface area contributed by atoms with Gasteiger partial charge < -0.3 is 10.5 Å². The van der Waals surface area contributed by atoms with Gasteiger partial charge in [0.05, 0.1) is 18.4 Å². The highest BCUT2D eigenvalue weighted by Crippen LogP contribution is 2.09. The summed E-state index contributed by atoms with van der Waals surface area (Å²) in [5, 5.41) is 0. The Balaban J connectivity index is 2.75. The van der Waals surface area contributed by atoms with Crippen LogP contribution in [0.2, 0.25) is 0 Å². The number of rotatable bonds is 6. The van der Waals surface area contributed by atoms with E-state index in [4.69, 9.17) is 5.73 Å². The first-order chi connectivity index (χ1) is 8.88. The molecule has 19 heavy (non-hydrogen) atoms. The quantitative estimate of drug-likeness (QED) is 0.730. The molecule has 0 fully saturated rings. The molecule has 3 N–H and O–H groups in total. The van der Waals surface area contributed by atoms with Crippen molar-refractivity contribution in [2.45, 2.75) is 18.7 Å². The number of nitrogens with two attached hydrogens (primary N) is 1. The van der Waals surface area contributed by atoms with Gasteiger partial charge in [0.2, 0.25) is 10.0 Å². The fourth-order valence-electron chi connectivity index (χ4n) is 1.47. The third kappa shape index (κ3) is 4.98. The van der Waals surface area contributed by atoms with E-state index in [1.807, 2.05) is 0 Å². The monoisotopic (exact) mass is 286 g/mol. The van der Waals surface area contributed by atoms with E-state index in [0.29, 0.717) is 11.1 Å². The van der Waals surface area contributed by atoms with Crippen molar-refractivity contribution in [3.8, 4) is 0 Å². The SMILES string of the molecule is COC(=O)c1ccc(CS(=O)(=O)N[C@H](C)CN)cc1. The second-order valence-corrected chi connectivity index (χ2v) is 5.96. The summed E-state index contributed by atoms with van der Waals surface area (Å²) in [6.45, 7) is 1.93. The molecule has 1 aromatic rings. The minimum absolute atomic E-state index is 0.154. The molecule has 0 amide bonds. The van der Waals surface area contributed by atoms with Crippen LogP contribution < -0.4 is 10.5 Å². The lowest BCUT2D eigenvalue weighted by molar-refractivity contribution is 0.0600. The molecule has 1 rings (SSSR count). The third-order valence-electron chi connectivity index (χ3n) is 2.47. The molecule has 0 aliphatic carbocycles. The summed E-state index contributed by atoms with van der Waals surface area (Å²) in [4.78, 5) is 11.2. The third-order valence-corrected chi connectivity index (χ3v) is 3.94. The first kappa shape index (κ1) is 15.6. The van der Waals surface area contributed by atoms with E-state index >= 15 is 0 Å². The van der Waals surface area contributed by atoms with Gasteiger partial charge in [-0.05, 0) is 24.6 Å². The number of ether oxygens (including phenoxy) is 1. The maximum Gasteiger partial charge on any atom is 0.337 e. The van der Waals surface area contributed by atoms with E-state index in [9.17, 15) is 13.2 Å². The summed E-state index contributed by atoms with van der Waals surface area (Å²) in [6.07, 6.45) is 0. The Morgan fingerprint density at radius 2 is 1.95 bits per heavy atom. The van der Waals surface area contributed by atoms with Crippen molar-refractivity contribution in [3.63, 3.8) is 0 Å². The molecule has 0 spiro atoms. The smallest absolute Gasteiger partial charge is 0.337 e. The average molecular weight is 286 g/mol. The van der Waals surface area contributed by atoms with Crippen LogP contribution in [0.4, 0.5) is 0 Å². The second-order valence-electron chi connectivity index (χ2n) is 4.20. The van der Waals surface area contributed by atoms with Crippen LogP contribution in [0.15, 0.2) is 24.3 Å². The molecule has 1 aromatic carbocycles. The molecule has 0 saturated heterocycles. The lowest BCUT2D eigenvalue weighted by atomic mass is 10.1. The van der Waals surface area contributed by atoms with Crippen LogP contribution in [-0.2, 0) is 20.5 Å². The van der Waals surface area contributed by atoms with Crippen molar-refractivity contribution < 1.29 is 17.9 Å². The first-order valence-corrected chi connectivity index (χ1v) is 7.40. The summed E-state index contributed by atoms with van der Waals surface area (Å²) in [7, 11) is -2.14. The number of carbonyl (C=O) groups excluding carboxylic acids is 1. The number of methoxy groups -OCH3 is 1. The molecule has 0 unspecified atom stereocenters. The molecular weight excluding hydrogens is 268 g/mol. The Labute approximate surface area is 113 Å². The summed E-state index contributed by atoms with van der Waals surface area (Å²) in [5.41, 5.74) is 6.33. The molecule has 1 atom stereocenters. The predicted octanol–water partition coefficient (Wildman–Crippen LogP) is 0.240. The first-order valence-electron chi connectivity index (χ1n) is 5.75. The van der Waals surface area contributed by atoms with Crippen LogP contribution in [0.3, 0.4) is 0 Å². The fourth-order valence-corrected chi connectivity index (χ4v) is 2.89. The van der Waals surface area contributed by atoms with Gasteiger partial charge in [0.15, 0.2) is 0 Å². The topological polar surface area (TPSA) is 98.5 Å². The predicted molar refractivity (Wildman–Crippen MR) is 72.1 cm³/mol. The van der Waals surface area contributed by atoms with Crippen LogP contribution in [0, 0.1) is 0 Å². The van der Waals surface area contributed by atoms with Crippen LogP contribution in [-0.4, -0.2) is 34.1 Å². The standard InChI is InChI=1S/C12H18N2O4S/c1-9(7-13)14-19(16,17)8-10-3-5-11(6-4-10)12(15)18-2/h3-6,9,14H,7-8,13H2,1-2H3/t9-/m1/s1. The molecule has 0 bridgehead atoms. The van der Waals surface area contributed by atoms with Gasteiger partial charge in [-0.2, -0.15) is 0 Å². The van der Waals surface area contributed by atoms with Crippen molar-refractivity contribution >= 4 is 16.0 Å². The zero-order valence-electron chi connectivity index (χ0n) is 10.9. The fraction of sp³-hybridized carbons (Fsp3) is 0.417. The lowest BCUT2D eigenvalue weighted by Crippen LogP contribution is -2.38. The van der Waals surface area contributed by atoms with E-state index in [1.165, 1.54) is 19.2 Å². The second kappa shape index (κ2) is 6.65. The van der Waals surface area contributed by atoms with E-state index in [0.717, 1.165) is 0 Å². The minimum Gasteiger partial charge on any atom is -0.465 e. The van der Waals surface area contributed by atoms with Crippen molar-refractivity contribution in [1.29, 1.82) is 0 Å². The zero-order chi connectivity index (χ0) is 14.5. The minimum atomic E-state index is -3.43. The number of nitrogens with one attached hydrogen (secondary N) is 1. The van der Waals surface area contributed by atoms with Crippen LogP contribution >= 0.6 is 0 Å². The van der Waals surface area contributed by atoms with Gasteiger partial charge in [-0.1, -0.05) is 12.1 Å². The highest BCUT2D eigenvalue weighted by atomic mass is 32.2. The molecule has 106 valence electrons. The van der Waals surface area contributed by atoms with Crippen LogP contribution in [0.1, 0.15) is 22.8 Å². The number of sulfonamides is 1. The van der Waals surface area contributed by atoms with Gasteiger partial charge in [0.25, 0.3) is 0 Å². The maximum atomic E-state index is 11.8. The summed E-state index contributed by atoms with van der Waals surface area (Å²) in [6, 6.07) is 5.92. The van der Waals surface area contributed by atoms with E-state index in [2.05, 4.69) is 9.46 Å². The number of hydrogen-bond acceptors (Lipinski definition) is 5. The van der Waals surface area contributed by atoms with E-state index in [1.54, 1.807) is 19.1 Å². The Kier molecular flexibility index (Phi) is 5.46. The normalized spacial score (nSPS) is 13.0. The molecule has 0 aromatic heterocycles. The Morgan fingerprint density at radius 1 is 1.37 bits per heavy atom. The van der Waals surface area contributed by atoms with E-state index in [-0.39, 0.29) is 18.3 Å². The van der Waals surface area contributed by atoms with E-state index < -0.39 is 16.0 Å². The molecule has 0 aliphatic heterocycles. The maximum absolute atomic E-state index is 11.8. The van der Waals surface area contributed by atoms with Crippen molar-refractivity contribution in [2.75, 3.05) is 13.7 Å². The summed E-state index contributed by atoms with van der Waals surface area (Å²) >= 11 is 0. The molecule has 0 saturated carbocycles. The van der Waals surface area contributed by atoms with Gasteiger partial charge in [0, 0.05) is 12.6 Å². The van der Waals surface area contributed by atoms with Crippen molar-refractivity contribution in [1.82, 2.24) is 4.72 Å². The largest absolute Gasteiger partial charge is 0.465 e. The van der Waals surface area contributed by atoms with Crippen LogP contribution in [0.5, 0.6) is 0 Å². The van der Waals surface area contributed by atoms with Gasteiger partial charge in [-0.15, -0.1) is 0 Å². The molecule has 7 heteroatoms. The molecule has 6 nitrogen and oxygen atoms in total. The lowest BCUT2D eigenvalue weighted by Gasteiger charge is -2.12. The number of esters is 1. The van der Waals surface area contributed by atoms with Gasteiger partial charge >= 0.3 is 5.97 Å². The molecule has 0 aliphatic rings. The molecule has 0 heterocycles. The Hall–Kier alpha value is -1.44. The zero-order valence-corrected chi connectivity index (χ0v) is 11.7. The van der Waals surface area contributed by atoms with Gasteiger partial charge in [-0.3, -0.25) is 0 Å². The van der Waals surface area contributed by atoms with Gasteiger partial charge in [-0.25, -0.2) is 17.9 Å². The summed E-state index contributed by atoms with van der Waals surface area (Å²) < 4.78 is 30.6. The average Bonchev–Trinajstić information content (AvgIpc) is 2.37. The van der Waals surface area contributed by atoms with Crippen molar-refractivity contribution in [2.24, 2.45) is 5.73 Å². The van der Waals surface area contributed by atoms with Crippen LogP contribution in [0.25, 0.3) is 0 Å². The Bertz CT molecular complexity index is 525. The number of hydrogen-bond donors (Lipinski definition) is 2. The van der Waals surface area contributed by atoms with Gasteiger partial charge in [0.1, 0.15) is 0 Å². The highest BCUT2D eigenvalue weighted by molar-refractivity contribution is 7.88. The molecule has 0 radical (unpaired) electrons. The molecular formula is C12H18N2O4S. The highest BCUT2D eigenvalue weighted by Gasteiger charge is 2.14. The number of benzene rings is 1.